The molecule has 30 heavy (non-hydrogen) atoms. The van der Waals surface area contributed by atoms with Crippen LogP contribution in [0.25, 0.3) is 0 Å². The average molecular weight is 438 g/mol. The quantitative estimate of drug-likeness (QED) is 0.300. The standard InChI is InChI=1S/C22H31NO6S/c1-30(26,27)29-16-18-11-9-17(10-12-18)15-28-14-6-2-5-13-23-21(24)19-7-3-4-8-20(19)22(23)25/h3-4,7-8,17-18H,2,5-6,9-16H2,1H3. The number of hydrogen-bond donors (Lipinski definition) is 0. The maximum absolute atomic E-state index is 12.3. The predicted octanol–water partition coefficient (Wildman–Crippen LogP) is 3.25. The van der Waals surface area contributed by atoms with Crippen molar-refractivity contribution in [2.24, 2.45) is 11.8 Å². The zero-order valence-electron chi connectivity index (χ0n) is 17.5. The number of benzene rings is 1. The Morgan fingerprint density at radius 2 is 1.47 bits per heavy atom. The summed E-state index contributed by atoms with van der Waals surface area (Å²) >= 11 is 0. The number of rotatable bonds is 11. The normalized spacial score (nSPS) is 21.8. The van der Waals surface area contributed by atoms with Gasteiger partial charge < -0.3 is 4.74 Å². The number of carbonyl (C=O) groups is 2. The van der Waals surface area contributed by atoms with Crippen LogP contribution in [0.1, 0.15) is 65.7 Å². The average Bonchev–Trinajstić information content (AvgIpc) is 2.97. The van der Waals surface area contributed by atoms with Gasteiger partial charge in [-0.15, -0.1) is 0 Å². The molecule has 0 saturated heterocycles. The minimum absolute atomic E-state index is 0.190. The molecule has 166 valence electrons. The van der Waals surface area contributed by atoms with E-state index < -0.39 is 10.1 Å². The molecule has 1 aromatic rings. The van der Waals surface area contributed by atoms with Gasteiger partial charge >= 0.3 is 0 Å². The molecule has 0 unspecified atom stereocenters. The highest BCUT2D eigenvalue weighted by molar-refractivity contribution is 7.85. The van der Waals surface area contributed by atoms with Gasteiger partial charge in [0, 0.05) is 19.8 Å². The van der Waals surface area contributed by atoms with Gasteiger partial charge in [0.2, 0.25) is 0 Å². The van der Waals surface area contributed by atoms with Crippen molar-refractivity contribution in [3.63, 3.8) is 0 Å². The predicted molar refractivity (Wildman–Crippen MR) is 113 cm³/mol. The lowest BCUT2D eigenvalue weighted by Gasteiger charge is -2.27. The van der Waals surface area contributed by atoms with Crippen molar-refractivity contribution in [1.82, 2.24) is 4.90 Å². The van der Waals surface area contributed by atoms with Gasteiger partial charge in [-0.25, -0.2) is 0 Å². The Morgan fingerprint density at radius 3 is 2.03 bits per heavy atom. The molecule has 0 aromatic heterocycles. The van der Waals surface area contributed by atoms with E-state index in [0.717, 1.165) is 57.8 Å². The van der Waals surface area contributed by atoms with E-state index >= 15 is 0 Å². The smallest absolute Gasteiger partial charge is 0.264 e. The molecular formula is C22H31NO6S. The molecule has 3 rings (SSSR count). The van der Waals surface area contributed by atoms with Crippen LogP contribution in [0, 0.1) is 11.8 Å². The van der Waals surface area contributed by atoms with Gasteiger partial charge in [-0.1, -0.05) is 12.1 Å². The highest BCUT2D eigenvalue weighted by Gasteiger charge is 2.34. The number of hydrogen-bond acceptors (Lipinski definition) is 6. The van der Waals surface area contributed by atoms with E-state index in [2.05, 4.69) is 0 Å². The van der Waals surface area contributed by atoms with Crippen molar-refractivity contribution in [2.45, 2.75) is 44.9 Å². The summed E-state index contributed by atoms with van der Waals surface area (Å²) in [4.78, 5) is 26.0. The Bertz CT molecular complexity index is 810. The molecule has 7 nitrogen and oxygen atoms in total. The molecule has 1 heterocycles. The van der Waals surface area contributed by atoms with E-state index in [-0.39, 0.29) is 11.8 Å². The van der Waals surface area contributed by atoms with Crippen LogP contribution in [0.15, 0.2) is 24.3 Å². The lowest BCUT2D eigenvalue weighted by atomic mass is 9.83. The Hall–Kier alpha value is -1.77. The number of fused-ring (bicyclic) bond motifs is 1. The summed E-state index contributed by atoms with van der Waals surface area (Å²) in [5.74, 6) is 0.463. The molecule has 0 bridgehead atoms. The van der Waals surface area contributed by atoms with E-state index in [1.165, 1.54) is 4.90 Å². The number of imide groups is 1. The Morgan fingerprint density at radius 1 is 0.900 bits per heavy atom. The van der Waals surface area contributed by atoms with Gasteiger partial charge in [0.25, 0.3) is 21.9 Å². The number of nitrogens with zero attached hydrogens (tertiary/aromatic N) is 1. The summed E-state index contributed by atoms with van der Waals surface area (Å²) in [6, 6.07) is 6.96. The maximum atomic E-state index is 12.3. The molecule has 2 amide bonds. The van der Waals surface area contributed by atoms with Gasteiger partial charge in [0.05, 0.1) is 24.0 Å². The van der Waals surface area contributed by atoms with Crippen molar-refractivity contribution in [2.75, 3.05) is 32.6 Å². The molecule has 0 N–H and O–H groups in total. The van der Waals surface area contributed by atoms with Crippen LogP contribution in [-0.4, -0.2) is 57.8 Å². The van der Waals surface area contributed by atoms with Crippen molar-refractivity contribution >= 4 is 21.9 Å². The van der Waals surface area contributed by atoms with E-state index in [4.69, 9.17) is 8.92 Å². The molecule has 8 heteroatoms. The molecule has 1 aliphatic carbocycles. The topological polar surface area (TPSA) is 90.0 Å². The molecule has 1 saturated carbocycles. The third kappa shape index (κ3) is 6.36. The number of unbranched alkanes of at least 4 members (excludes halogenated alkanes) is 2. The first-order valence-corrected chi connectivity index (χ1v) is 12.5. The van der Waals surface area contributed by atoms with Crippen LogP contribution in [0.2, 0.25) is 0 Å². The highest BCUT2D eigenvalue weighted by atomic mass is 32.2. The minimum Gasteiger partial charge on any atom is -0.381 e. The van der Waals surface area contributed by atoms with Gasteiger partial charge in [-0.05, 0) is 68.9 Å². The third-order valence-electron chi connectivity index (χ3n) is 5.89. The highest BCUT2D eigenvalue weighted by Crippen LogP contribution is 2.29. The first kappa shape index (κ1) is 22.9. The van der Waals surface area contributed by atoms with Crippen molar-refractivity contribution < 1.29 is 26.9 Å². The molecular weight excluding hydrogens is 406 g/mol. The van der Waals surface area contributed by atoms with Gasteiger partial charge in [0.1, 0.15) is 0 Å². The number of ether oxygens (including phenoxy) is 1. The molecule has 2 aliphatic rings. The minimum atomic E-state index is -3.35. The van der Waals surface area contributed by atoms with Crippen molar-refractivity contribution in [3.8, 4) is 0 Å². The SMILES string of the molecule is CS(=O)(=O)OCC1CCC(COCCCCCN2C(=O)c3ccccc3C2=O)CC1. The lowest BCUT2D eigenvalue weighted by molar-refractivity contribution is 0.0636. The summed E-state index contributed by atoms with van der Waals surface area (Å²) in [6.45, 7) is 2.16. The summed E-state index contributed by atoms with van der Waals surface area (Å²) < 4.78 is 32.9. The van der Waals surface area contributed by atoms with Gasteiger partial charge in [-0.2, -0.15) is 8.42 Å². The van der Waals surface area contributed by atoms with Gasteiger partial charge in [0.15, 0.2) is 0 Å². The Labute approximate surface area is 178 Å². The largest absolute Gasteiger partial charge is 0.381 e. The van der Waals surface area contributed by atoms with E-state index in [0.29, 0.717) is 42.7 Å². The maximum Gasteiger partial charge on any atom is 0.264 e. The second-order valence-corrected chi connectivity index (χ2v) is 9.96. The summed E-state index contributed by atoms with van der Waals surface area (Å²) in [5.41, 5.74) is 1.01. The van der Waals surface area contributed by atoms with Crippen molar-refractivity contribution in [1.29, 1.82) is 0 Å². The third-order valence-corrected chi connectivity index (χ3v) is 6.45. The fourth-order valence-corrected chi connectivity index (χ4v) is 4.57. The molecule has 0 atom stereocenters. The van der Waals surface area contributed by atoms with Crippen LogP contribution < -0.4 is 0 Å². The second-order valence-electron chi connectivity index (χ2n) is 8.32. The van der Waals surface area contributed by atoms with Crippen LogP contribution in [0.5, 0.6) is 0 Å². The first-order chi connectivity index (χ1) is 14.3. The van der Waals surface area contributed by atoms with E-state index in [9.17, 15) is 18.0 Å². The second kappa shape index (κ2) is 10.5. The molecule has 1 fully saturated rings. The van der Waals surface area contributed by atoms with Crippen LogP contribution in [0.3, 0.4) is 0 Å². The van der Waals surface area contributed by atoms with Crippen molar-refractivity contribution in [3.05, 3.63) is 35.4 Å². The van der Waals surface area contributed by atoms with E-state index in [1.807, 2.05) is 0 Å². The number of carbonyl (C=O) groups excluding carboxylic acids is 2. The molecule has 0 radical (unpaired) electrons. The fraction of sp³-hybridized carbons (Fsp3) is 0.636. The Balaban J connectivity index is 1.23. The monoisotopic (exact) mass is 437 g/mol. The Kier molecular flexibility index (Phi) is 8.02. The zero-order chi connectivity index (χ0) is 21.6. The van der Waals surface area contributed by atoms with Crippen LogP contribution in [-0.2, 0) is 19.0 Å². The summed E-state index contributed by atoms with van der Waals surface area (Å²) in [5, 5.41) is 0. The lowest BCUT2D eigenvalue weighted by Crippen LogP contribution is -2.30. The van der Waals surface area contributed by atoms with Crippen LogP contribution >= 0.6 is 0 Å². The first-order valence-electron chi connectivity index (χ1n) is 10.7. The zero-order valence-corrected chi connectivity index (χ0v) is 18.4. The molecule has 1 aromatic carbocycles. The summed E-state index contributed by atoms with van der Waals surface area (Å²) in [7, 11) is -3.35. The summed E-state index contributed by atoms with van der Waals surface area (Å²) in [6.07, 6.45) is 7.71. The van der Waals surface area contributed by atoms with Gasteiger partial charge in [-0.3, -0.25) is 18.7 Å². The van der Waals surface area contributed by atoms with E-state index in [1.54, 1.807) is 24.3 Å². The molecule has 1 aliphatic heterocycles. The number of amides is 2. The molecule has 0 spiro atoms. The fourth-order valence-electron chi connectivity index (χ4n) is 4.13. The van der Waals surface area contributed by atoms with Crippen LogP contribution in [0.4, 0.5) is 0 Å².